The number of hydrogen-bond acceptors (Lipinski definition) is 1. The first kappa shape index (κ1) is 19.2. The van der Waals surface area contributed by atoms with Gasteiger partial charge in [0.15, 0.2) is 0 Å². The van der Waals surface area contributed by atoms with E-state index >= 15 is 0 Å². The molecule has 0 heterocycles. The van der Waals surface area contributed by atoms with E-state index in [9.17, 15) is 4.79 Å². The fraction of sp³-hybridized carbons (Fsp3) is 0.952. The maximum absolute atomic E-state index is 13.0. The van der Waals surface area contributed by atoms with Gasteiger partial charge < -0.3 is 0 Å². The van der Waals surface area contributed by atoms with E-state index in [0.29, 0.717) is 5.78 Å². The van der Waals surface area contributed by atoms with Gasteiger partial charge in [-0.1, -0.05) is 83.8 Å². The molecule has 2 saturated carbocycles. The standard InChI is InChI=1S/C21H40OSi/c1-16(2)23(17(3)4,18(5)6)19-12-14-21(15-19)13-10-8-7-9-11-20(21)22/h16-19H,7-15H2,1-6H3/t19-,21-/m1/s1. The maximum atomic E-state index is 13.0. The first-order valence-corrected chi connectivity index (χ1v) is 12.6. The summed E-state index contributed by atoms with van der Waals surface area (Å²) in [4.78, 5) is 13.0. The molecule has 2 rings (SSSR count). The Morgan fingerprint density at radius 1 is 0.870 bits per heavy atom. The lowest BCUT2D eigenvalue weighted by atomic mass is 9.74. The van der Waals surface area contributed by atoms with Gasteiger partial charge in [-0.2, -0.15) is 0 Å². The summed E-state index contributed by atoms with van der Waals surface area (Å²) >= 11 is 0. The summed E-state index contributed by atoms with van der Waals surface area (Å²) in [5.74, 6) is 0.638. The summed E-state index contributed by atoms with van der Waals surface area (Å²) in [7, 11) is -1.42. The zero-order valence-corrected chi connectivity index (χ0v) is 17.6. The van der Waals surface area contributed by atoms with Crippen LogP contribution < -0.4 is 0 Å². The fourth-order valence-electron chi connectivity index (χ4n) is 6.95. The minimum absolute atomic E-state index is 0.0853. The number of ketones is 1. The lowest BCUT2D eigenvalue weighted by Crippen LogP contribution is -2.48. The molecule has 0 unspecified atom stereocenters. The number of hydrogen-bond donors (Lipinski definition) is 0. The van der Waals surface area contributed by atoms with E-state index in [1.165, 1.54) is 44.9 Å². The molecule has 23 heavy (non-hydrogen) atoms. The molecule has 1 spiro atoms. The Labute approximate surface area is 146 Å². The molecule has 2 atom stereocenters. The topological polar surface area (TPSA) is 17.1 Å². The van der Waals surface area contributed by atoms with Crippen LogP contribution in [-0.2, 0) is 4.79 Å². The molecule has 0 aromatic rings. The monoisotopic (exact) mass is 336 g/mol. The predicted molar refractivity (Wildman–Crippen MR) is 104 cm³/mol. The quantitative estimate of drug-likeness (QED) is 0.499. The average molecular weight is 337 g/mol. The maximum Gasteiger partial charge on any atom is 0.139 e. The molecule has 1 nitrogen and oxygen atoms in total. The normalized spacial score (nSPS) is 30.5. The van der Waals surface area contributed by atoms with Gasteiger partial charge in [-0.3, -0.25) is 4.79 Å². The Kier molecular flexibility index (Phi) is 6.19. The first-order chi connectivity index (χ1) is 10.8. The van der Waals surface area contributed by atoms with Crippen LogP contribution in [0.2, 0.25) is 22.2 Å². The van der Waals surface area contributed by atoms with Gasteiger partial charge in [-0.15, -0.1) is 0 Å². The summed E-state index contributed by atoms with van der Waals surface area (Å²) < 4.78 is 0. The van der Waals surface area contributed by atoms with Crippen LogP contribution in [0.3, 0.4) is 0 Å². The molecular weight excluding hydrogens is 296 g/mol. The van der Waals surface area contributed by atoms with Crippen LogP contribution in [0.15, 0.2) is 0 Å². The highest BCUT2D eigenvalue weighted by Gasteiger charge is 2.55. The third kappa shape index (κ3) is 3.34. The molecule has 2 aliphatic carbocycles. The Balaban J connectivity index is 2.29. The van der Waals surface area contributed by atoms with Crippen LogP contribution in [-0.4, -0.2) is 13.9 Å². The molecule has 0 aromatic heterocycles. The lowest BCUT2D eigenvalue weighted by Gasteiger charge is -2.48. The van der Waals surface area contributed by atoms with Gasteiger partial charge >= 0.3 is 0 Å². The molecule has 134 valence electrons. The van der Waals surface area contributed by atoms with Crippen molar-refractivity contribution < 1.29 is 4.79 Å². The van der Waals surface area contributed by atoms with Crippen molar-refractivity contribution in [2.45, 2.75) is 121 Å². The van der Waals surface area contributed by atoms with Crippen molar-refractivity contribution >= 4 is 13.9 Å². The van der Waals surface area contributed by atoms with Gasteiger partial charge in [0.25, 0.3) is 0 Å². The Morgan fingerprint density at radius 3 is 2.00 bits per heavy atom. The van der Waals surface area contributed by atoms with Crippen molar-refractivity contribution in [3.8, 4) is 0 Å². The van der Waals surface area contributed by atoms with Gasteiger partial charge in [0.2, 0.25) is 0 Å². The molecule has 0 radical (unpaired) electrons. The van der Waals surface area contributed by atoms with Crippen molar-refractivity contribution in [1.29, 1.82) is 0 Å². The molecule has 2 fully saturated rings. The van der Waals surface area contributed by atoms with Crippen molar-refractivity contribution in [2.75, 3.05) is 0 Å². The van der Waals surface area contributed by atoms with Crippen LogP contribution in [0.5, 0.6) is 0 Å². The first-order valence-electron chi connectivity index (χ1n) is 10.3. The van der Waals surface area contributed by atoms with Crippen molar-refractivity contribution in [3.05, 3.63) is 0 Å². The Hall–Kier alpha value is -0.113. The van der Waals surface area contributed by atoms with Crippen LogP contribution >= 0.6 is 0 Å². The summed E-state index contributed by atoms with van der Waals surface area (Å²) in [6.07, 6.45) is 10.9. The number of rotatable bonds is 4. The van der Waals surface area contributed by atoms with Gasteiger partial charge in [0.05, 0.1) is 8.07 Å². The van der Waals surface area contributed by atoms with Crippen LogP contribution in [0.4, 0.5) is 0 Å². The SMILES string of the molecule is CC(C)[Si](C(C)C)(C(C)C)[C@@H]1CC[C@]2(CCCCCCC2=O)C1. The van der Waals surface area contributed by atoms with E-state index in [4.69, 9.17) is 0 Å². The number of carbonyl (C=O) groups excluding carboxylic acids is 1. The zero-order chi connectivity index (χ0) is 17.3. The average Bonchev–Trinajstić information content (AvgIpc) is 2.86. The molecule has 0 aromatic carbocycles. The molecule has 0 aliphatic heterocycles. The van der Waals surface area contributed by atoms with E-state index < -0.39 is 8.07 Å². The second kappa shape index (κ2) is 7.41. The smallest absolute Gasteiger partial charge is 0.139 e. The number of Topliss-reactive ketones (excluding diaryl/α,β-unsaturated/α-hetero) is 1. The third-order valence-corrected chi connectivity index (χ3v) is 15.6. The van der Waals surface area contributed by atoms with E-state index in [2.05, 4.69) is 41.5 Å². The Morgan fingerprint density at radius 2 is 1.43 bits per heavy atom. The second-order valence-electron chi connectivity index (χ2n) is 9.52. The zero-order valence-electron chi connectivity index (χ0n) is 16.6. The van der Waals surface area contributed by atoms with E-state index in [0.717, 1.165) is 35.0 Å². The fourth-order valence-corrected chi connectivity index (χ4v) is 15.2. The van der Waals surface area contributed by atoms with Crippen LogP contribution in [0.1, 0.15) is 99.3 Å². The van der Waals surface area contributed by atoms with Gasteiger partial charge in [-0.25, -0.2) is 0 Å². The number of carbonyl (C=O) groups is 1. The summed E-state index contributed by atoms with van der Waals surface area (Å²) in [6.45, 7) is 14.9. The van der Waals surface area contributed by atoms with Crippen molar-refractivity contribution in [1.82, 2.24) is 0 Å². The molecule has 0 bridgehead atoms. The molecule has 0 N–H and O–H groups in total. The highest BCUT2D eigenvalue weighted by atomic mass is 28.3. The predicted octanol–water partition coefficient (Wildman–Crippen LogP) is 7.13. The molecule has 2 heteroatoms. The highest BCUT2D eigenvalue weighted by Crippen LogP contribution is 2.61. The molecule has 2 aliphatic rings. The van der Waals surface area contributed by atoms with Crippen molar-refractivity contribution in [3.63, 3.8) is 0 Å². The lowest BCUT2D eigenvalue weighted by molar-refractivity contribution is -0.129. The van der Waals surface area contributed by atoms with E-state index in [1.807, 2.05) is 0 Å². The molecule has 0 amide bonds. The minimum Gasteiger partial charge on any atom is -0.299 e. The van der Waals surface area contributed by atoms with Gasteiger partial charge in [-0.05, 0) is 31.2 Å². The summed E-state index contributed by atoms with van der Waals surface area (Å²) in [5, 5.41) is 0. The van der Waals surface area contributed by atoms with E-state index in [1.54, 1.807) is 0 Å². The summed E-state index contributed by atoms with van der Waals surface area (Å²) in [6, 6.07) is 0. The third-order valence-electron chi connectivity index (χ3n) is 7.72. The van der Waals surface area contributed by atoms with Crippen LogP contribution in [0, 0.1) is 5.41 Å². The summed E-state index contributed by atoms with van der Waals surface area (Å²) in [5.41, 5.74) is 3.43. The molecular formula is C21H40OSi. The van der Waals surface area contributed by atoms with E-state index in [-0.39, 0.29) is 5.41 Å². The highest BCUT2D eigenvalue weighted by molar-refractivity contribution is 6.84. The van der Waals surface area contributed by atoms with Crippen LogP contribution in [0.25, 0.3) is 0 Å². The minimum atomic E-state index is -1.42. The Bertz CT molecular complexity index is 390. The second-order valence-corrected chi connectivity index (χ2v) is 15.8. The van der Waals surface area contributed by atoms with Crippen molar-refractivity contribution in [2.24, 2.45) is 5.41 Å². The largest absolute Gasteiger partial charge is 0.299 e. The molecule has 0 saturated heterocycles. The van der Waals surface area contributed by atoms with Gasteiger partial charge in [0, 0.05) is 11.8 Å². The van der Waals surface area contributed by atoms with Gasteiger partial charge in [0.1, 0.15) is 5.78 Å².